The van der Waals surface area contributed by atoms with Crippen LogP contribution >= 0.6 is 0 Å². The van der Waals surface area contributed by atoms with Crippen LogP contribution in [-0.4, -0.2) is 83.9 Å². The summed E-state index contributed by atoms with van der Waals surface area (Å²) >= 11 is 0. The fourth-order valence-corrected chi connectivity index (χ4v) is 6.18. The van der Waals surface area contributed by atoms with E-state index in [0.29, 0.717) is 6.42 Å². The van der Waals surface area contributed by atoms with Gasteiger partial charge in [-0.2, -0.15) is 0 Å². The normalized spacial score (nSPS) is 28.1. The third-order valence-electron chi connectivity index (χ3n) is 9.69. The maximum absolute atomic E-state index is 13.7. The van der Waals surface area contributed by atoms with Gasteiger partial charge in [0.25, 0.3) is 0 Å². The second kappa shape index (κ2) is 22.2. The lowest BCUT2D eigenvalue weighted by Crippen LogP contribution is -2.61. The zero-order valence-electron chi connectivity index (χ0n) is 31.1. The summed E-state index contributed by atoms with van der Waals surface area (Å²) in [7, 11) is 0. The Morgan fingerprint density at radius 2 is 1.35 bits per heavy atom. The molecule has 3 amide bonds. The van der Waals surface area contributed by atoms with E-state index in [4.69, 9.17) is 14.2 Å². The van der Waals surface area contributed by atoms with Gasteiger partial charge in [0.05, 0.1) is 24.2 Å². The summed E-state index contributed by atoms with van der Waals surface area (Å²) in [6.07, 6.45) is 11.9. The zero-order chi connectivity index (χ0) is 36.5. The Morgan fingerprint density at radius 1 is 0.816 bits per heavy atom. The lowest BCUT2D eigenvalue weighted by Gasteiger charge is -2.32. The number of ether oxygens (including phenoxy) is 3. The highest BCUT2D eigenvalue weighted by Crippen LogP contribution is 2.27. The van der Waals surface area contributed by atoms with Crippen molar-refractivity contribution in [1.82, 2.24) is 16.0 Å². The molecule has 0 aromatic rings. The Hall–Kier alpha value is -2.73. The number of cyclic esters (lactones) is 1. The molecule has 49 heavy (non-hydrogen) atoms. The third kappa shape index (κ3) is 15.4. The molecule has 1 heterocycles. The van der Waals surface area contributed by atoms with E-state index in [1.54, 1.807) is 34.6 Å². The number of esters is 2. The summed E-state index contributed by atoms with van der Waals surface area (Å²) in [6.45, 7) is 11.4. The van der Waals surface area contributed by atoms with Gasteiger partial charge in [0.1, 0.15) is 24.8 Å². The first-order valence-electron chi connectivity index (χ1n) is 18.8. The Bertz CT molecular complexity index is 1050. The van der Waals surface area contributed by atoms with Gasteiger partial charge in [0.2, 0.25) is 17.7 Å². The van der Waals surface area contributed by atoms with Crippen LogP contribution in [0.15, 0.2) is 0 Å². The molecule has 0 aromatic heterocycles. The first-order chi connectivity index (χ1) is 23.3. The molecule has 1 aliphatic heterocycles. The van der Waals surface area contributed by atoms with E-state index in [0.717, 1.165) is 38.5 Å². The molecule has 1 saturated heterocycles. The maximum atomic E-state index is 13.7. The van der Waals surface area contributed by atoms with Crippen LogP contribution < -0.4 is 16.0 Å². The highest BCUT2D eigenvalue weighted by molar-refractivity contribution is 5.94. The second-order valence-electron chi connectivity index (χ2n) is 14.6. The summed E-state index contributed by atoms with van der Waals surface area (Å²) < 4.78 is 17.1. The van der Waals surface area contributed by atoms with Gasteiger partial charge in [-0.3, -0.25) is 19.2 Å². The predicted molar refractivity (Wildman–Crippen MR) is 186 cm³/mol. The fourth-order valence-electron chi connectivity index (χ4n) is 6.18. The number of rotatable bonds is 18. The number of carbonyl (C=O) groups excluding carboxylic acids is 5. The number of hydrogen-bond acceptors (Lipinski definition) is 9. The van der Waals surface area contributed by atoms with Crippen molar-refractivity contribution in [3.63, 3.8) is 0 Å². The van der Waals surface area contributed by atoms with E-state index in [1.807, 2.05) is 0 Å². The number of nitrogens with one attached hydrogen (secondary N) is 3. The van der Waals surface area contributed by atoms with E-state index in [2.05, 4.69) is 22.9 Å². The van der Waals surface area contributed by atoms with Gasteiger partial charge in [0.15, 0.2) is 6.04 Å². The van der Waals surface area contributed by atoms with Crippen molar-refractivity contribution in [2.24, 2.45) is 17.8 Å². The highest BCUT2D eigenvalue weighted by Gasteiger charge is 2.40. The van der Waals surface area contributed by atoms with Gasteiger partial charge in [-0.25, -0.2) is 4.79 Å². The molecule has 0 radical (unpaired) electrons. The molecule has 2 fully saturated rings. The minimum atomic E-state index is -1.38. The average Bonchev–Trinajstić information content (AvgIpc) is 3.87. The predicted octanol–water partition coefficient (Wildman–Crippen LogP) is 4.49. The van der Waals surface area contributed by atoms with E-state index >= 15 is 0 Å². The van der Waals surface area contributed by atoms with Crippen molar-refractivity contribution in [3.8, 4) is 0 Å². The zero-order valence-corrected chi connectivity index (χ0v) is 31.1. The molecule has 8 unspecified atom stereocenters. The molecular weight excluding hydrogens is 630 g/mol. The van der Waals surface area contributed by atoms with Crippen molar-refractivity contribution < 1.29 is 43.3 Å². The Morgan fingerprint density at radius 3 is 1.88 bits per heavy atom. The average molecular weight is 696 g/mol. The van der Waals surface area contributed by atoms with Crippen LogP contribution in [0.4, 0.5) is 0 Å². The molecule has 1 saturated carbocycles. The van der Waals surface area contributed by atoms with Crippen molar-refractivity contribution in [2.45, 2.75) is 181 Å². The summed E-state index contributed by atoms with van der Waals surface area (Å²) in [4.78, 5) is 66.1. The molecule has 0 spiro atoms. The van der Waals surface area contributed by atoms with Crippen LogP contribution in [0.5, 0.6) is 0 Å². The number of amides is 3. The van der Waals surface area contributed by atoms with Gasteiger partial charge in [-0.1, -0.05) is 98.8 Å². The molecular formula is C37H65N3O9. The topological polar surface area (TPSA) is 169 Å². The molecule has 0 aromatic carbocycles. The summed E-state index contributed by atoms with van der Waals surface area (Å²) in [5, 5.41) is 19.5. The first-order valence-corrected chi connectivity index (χ1v) is 18.8. The molecule has 4 N–H and O–H groups in total. The van der Waals surface area contributed by atoms with Gasteiger partial charge in [-0.15, -0.1) is 0 Å². The van der Waals surface area contributed by atoms with E-state index < -0.39 is 84.5 Å². The van der Waals surface area contributed by atoms with Gasteiger partial charge in [0, 0.05) is 12.8 Å². The lowest BCUT2D eigenvalue weighted by molar-refractivity contribution is -0.162. The molecule has 282 valence electrons. The summed E-state index contributed by atoms with van der Waals surface area (Å²) in [5.74, 6) is -5.27. The number of aliphatic hydroxyl groups excluding tert-OH is 1. The van der Waals surface area contributed by atoms with Crippen LogP contribution in [0, 0.1) is 17.8 Å². The molecule has 12 heteroatoms. The minimum Gasteiger partial charge on any atom is -0.463 e. The first kappa shape index (κ1) is 42.4. The molecule has 8 atom stereocenters. The Labute approximate surface area is 293 Å². The standard InChI is InChI=1S/C37H65N3O9/c1-8-9-10-11-12-13-14-15-16-17-18-19-30-24(4)33(42)25(5)34(43)39-31(23(2)3)35(44)40-32(26(6)48-28-20-21-28)36(45)38-29(37(46)49-30)22-47-27(7)41/h23-26,28-33,42H,8-22H2,1-7H3,(H,38,45)(H,39,43)(H,40,44). The lowest BCUT2D eigenvalue weighted by atomic mass is 9.86. The Balaban J connectivity index is 2.28. The molecule has 2 rings (SSSR count). The third-order valence-corrected chi connectivity index (χ3v) is 9.69. The molecule has 2 aliphatic rings. The smallest absolute Gasteiger partial charge is 0.332 e. The SMILES string of the molecule is CCCCCCCCCCCCCC1OC(=O)C(COC(C)=O)NC(=O)C(C(C)OC2CC2)NC(=O)C(C(C)C)NC(=O)C(C)C(O)C1C. The Kier molecular flexibility index (Phi) is 19.2. The molecule has 12 nitrogen and oxygen atoms in total. The number of aliphatic hydroxyl groups is 1. The van der Waals surface area contributed by atoms with Gasteiger partial charge >= 0.3 is 11.9 Å². The van der Waals surface area contributed by atoms with Crippen molar-refractivity contribution in [1.29, 1.82) is 0 Å². The van der Waals surface area contributed by atoms with Crippen molar-refractivity contribution >= 4 is 29.7 Å². The van der Waals surface area contributed by atoms with Crippen LogP contribution in [0.25, 0.3) is 0 Å². The number of unbranched alkanes of at least 4 members (excludes halogenated alkanes) is 10. The van der Waals surface area contributed by atoms with Crippen LogP contribution in [-0.2, 0) is 38.2 Å². The minimum absolute atomic E-state index is 0.0427. The summed E-state index contributed by atoms with van der Waals surface area (Å²) in [5.41, 5.74) is 0. The van der Waals surface area contributed by atoms with Crippen LogP contribution in [0.2, 0.25) is 0 Å². The van der Waals surface area contributed by atoms with E-state index in [9.17, 15) is 29.1 Å². The second-order valence-corrected chi connectivity index (χ2v) is 14.6. The number of hydrogen-bond donors (Lipinski definition) is 4. The summed E-state index contributed by atoms with van der Waals surface area (Å²) in [6, 6.07) is -3.61. The van der Waals surface area contributed by atoms with E-state index in [1.165, 1.54) is 51.9 Å². The maximum Gasteiger partial charge on any atom is 0.332 e. The van der Waals surface area contributed by atoms with Crippen LogP contribution in [0.3, 0.4) is 0 Å². The number of carbonyl (C=O) groups is 5. The fraction of sp³-hybridized carbons (Fsp3) is 0.865. The van der Waals surface area contributed by atoms with Crippen molar-refractivity contribution in [3.05, 3.63) is 0 Å². The largest absolute Gasteiger partial charge is 0.463 e. The van der Waals surface area contributed by atoms with Crippen LogP contribution in [0.1, 0.15) is 138 Å². The van der Waals surface area contributed by atoms with Gasteiger partial charge < -0.3 is 35.3 Å². The van der Waals surface area contributed by atoms with E-state index in [-0.39, 0.29) is 12.0 Å². The van der Waals surface area contributed by atoms with Gasteiger partial charge in [-0.05, 0) is 38.5 Å². The van der Waals surface area contributed by atoms with Crippen molar-refractivity contribution in [2.75, 3.05) is 6.61 Å². The quantitative estimate of drug-likeness (QED) is 0.119. The molecule has 1 aliphatic carbocycles. The monoisotopic (exact) mass is 695 g/mol. The molecule has 0 bridgehead atoms. The highest BCUT2D eigenvalue weighted by atomic mass is 16.6.